The predicted octanol–water partition coefficient (Wildman–Crippen LogP) is 2.83. The average molecular weight is 268 g/mol. The van der Waals surface area contributed by atoms with Crippen LogP contribution in [0.15, 0.2) is 5.38 Å². The number of aryl methyl sites for hydroxylation is 1. The van der Waals surface area contributed by atoms with E-state index >= 15 is 0 Å². The second-order valence-corrected chi connectivity index (χ2v) is 6.06. The molecule has 18 heavy (non-hydrogen) atoms. The van der Waals surface area contributed by atoms with Crippen LogP contribution in [0.1, 0.15) is 49.7 Å². The van der Waals surface area contributed by atoms with Gasteiger partial charge in [-0.3, -0.25) is 4.90 Å². The number of rotatable bonds is 7. The molecule has 3 nitrogen and oxygen atoms in total. The molecule has 1 unspecified atom stereocenters. The molecule has 2 heterocycles. The maximum absolute atomic E-state index is 8.94. The number of aliphatic hydroxyl groups is 1. The van der Waals surface area contributed by atoms with E-state index in [0.717, 1.165) is 25.8 Å². The van der Waals surface area contributed by atoms with Gasteiger partial charge in [0, 0.05) is 24.6 Å². The Kier molecular flexibility index (Phi) is 5.60. The van der Waals surface area contributed by atoms with Crippen molar-refractivity contribution in [2.75, 3.05) is 13.2 Å². The Labute approximate surface area is 114 Å². The first-order chi connectivity index (χ1) is 8.83. The molecule has 0 aromatic carbocycles. The van der Waals surface area contributed by atoms with E-state index in [0.29, 0.717) is 12.6 Å². The molecule has 102 valence electrons. The molecule has 0 bridgehead atoms. The van der Waals surface area contributed by atoms with Gasteiger partial charge < -0.3 is 5.11 Å². The van der Waals surface area contributed by atoms with Gasteiger partial charge in [0.25, 0.3) is 0 Å². The Bertz CT molecular complexity index is 353. The van der Waals surface area contributed by atoms with Crippen LogP contribution in [0, 0.1) is 0 Å². The molecule has 0 saturated carbocycles. The Morgan fingerprint density at radius 2 is 2.44 bits per heavy atom. The van der Waals surface area contributed by atoms with Crippen LogP contribution in [0.25, 0.3) is 0 Å². The molecule has 1 aliphatic rings. The molecule has 1 aliphatic heterocycles. The number of hydrogen-bond acceptors (Lipinski definition) is 4. The van der Waals surface area contributed by atoms with Gasteiger partial charge in [-0.05, 0) is 45.1 Å². The summed E-state index contributed by atoms with van der Waals surface area (Å²) in [5.74, 6) is 0. The van der Waals surface area contributed by atoms with Gasteiger partial charge in [-0.15, -0.1) is 11.3 Å². The second-order valence-electron chi connectivity index (χ2n) is 5.11. The Balaban J connectivity index is 1.86. The van der Waals surface area contributed by atoms with Crippen molar-refractivity contribution < 1.29 is 5.11 Å². The lowest BCUT2D eigenvalue weighted by molar-refractivity contribution is 0.208. The van der Waals surface area contributed by atoms with Crippen LogP contribution in [0.4, 0.5) is 0 Å². The SMILES string of the molecule is CCCc1nc(CN2CCCC2CCCO)cs1. The third-order valence-electron chi connectivity index (χ3n) is 3.62. The van der Waals surface area contributed by atoms with Crippen molar-refractivity contribution in [2.24, 2.45) is 0 Å². The highest BCUT2D eigenvalue weighted by molar-refractivity contribution is 7.09. The van der Waals surface area contributed by atoms with Gasteiger partial charge in [-0.1, -0.05) is 6.92 Å². The molecule has 1 saturated heterocycles. The quantitative estimate of drug-likeness (QED) is 0.826. The molecule has 1 aromatic heterocycles. The highest BCUT2D eigenvalue weighted by Crippen LogP contribution is 2.24. The van der Waals surface area contributed by atoms with Crippen LogP contribution >= 0.6 is 11.3 Å². The summed E-state index contributed by atoms with van der Waals surface area (Å²) < 4.78 is 0. The Morgan fingerprint density at radius 3 is 3.22 bits per heavy atom. The van der Waals surface area contributed by atoms with Gasteiger partial charge in [-0.2, -0.15) is 0 Å². The van der Waals surface area contributed by atoms with E-state index in [2.05, 4.69) is 17.2 Å². The molecule has 1 N–H and O–H groups in total. The summed E-state index contributed by atoms with van der Waals surface area (Å²) in [5, 5.41) is 12.4. The fraction of sp³-hybridized carbons (Fsp3) is 0.786. The van der Waals surface area contributed by atoms with Crippen LogP contribution in [-0.4, -0.2) is 34.2 Å². The molecule has 2 rings (SSSR count). The highest BCUT2D eigenvalue weighted by Gasteiger charge is 2.24. The lowest BCUT2D eigenvalue weighted by Gasteiger charge is -2.23. The minimum Gasteiger partial charge on any atom is -0.396 e. The number of thiazole rings is 1. The van der Waals surface area contributed by atoms with Gasteiger partial charge in [0.2, 0.25) is 0 Å². The molecule has 0 amide bonds. The van der Waals surface area contributed by atoms with Gasteiger partial charge in [0.1, 0.15) is 0 Å². The van der Waals surface area contributed by atoms with E-state index < -0.39 is 0 Å². The normalized spacial score (nSPS) is 20.7. The monoisotopic (exact) mass is 268 g/mol. The zero-order chi connectivity index (χ0) is 12.8. The topological polar surface area (TPSA) is 36.4 Å². The van der Waals surface area contributed by atoms with E-state index in [9.17, 15) is 0 Å². The van der Waals surface area contributed by atoms with E-state index in [4.69, 9.17) is 10.1 Å². The summed E-state index contributed by atoms with van der Waals surface area (Å²) in [5.41, 5.74) is 1.24. The van der Waals surface area contributed by atoms with Crippen LogP contribution in [-0.2, 0) is 13.0 Å². The first kappa shape index (κ1) is 14.0. The Morgan fingerprint density at radius 1 is 1.56 bits per heavy atom. The zero-order valence-corrected chi connectivity index (χ0v) is 12.1. The second kappa shape index (κ2) is 7.22. The third-order valence-corrected chi connectivity index (χ3v) is 4.58. The minimum absolute atomic E-state index is 0.321. The van der Waals surface area contributed by atoms with Crippen molar-refractivity contribution in [3.63, 3.8) is 0 Å². The number of aliphatic hydroxyl groups excluding tert-OH is 1. The van der Waals surface area contributed by atoms with Crippen molar-refractivity contribution in [2.45, 2.75) is 58.0 Å². The molecular formula is C14H24N2OS. The predicted molar refractivity (Wildman–Crippen MR) is 75.9 cm³/mol. The van der Waals surface area contributed by atoms with Crippen LogP contribution < -0.4 is 0 Å². The van der Waals surface area contributed by atoms with Crippen molar-refractivity contribution in [3.8, 4) is 0 Å². The largest absolute Gasteiger partial charge is 0.396 e. The molecule has 0 spiro atoms. The van der Waals surface area contributed by atoms with Crippen LogP contribution in [0.3, 0.4) is 0 Å². The van der Waals surface area contributed by atoms with Gasteiger partial charge in [0.15, 0.2) is 0 Å². The molecular weight excluding hydrogens is 244 g/mol. The molecule has 1 atom stereocenters. The molecule has 1 aromatic rings. The fourth-order valence-electron chi connectivity index (χ4n) is 2.72. The lowest BCUT2D eigenvalue weighted by atomic mass is 10.1. The lowest BCUT2D eigenvalue weighted by Crippen LogP contribution is -2.29. The standard InChI is InChI=1S/C14H24N2OS/c1-2-5-14-15-12(11-18-14)10-16-8-3-6-13(16)7-4-9-17/h11,13,17H,2-10H2,1H3. The van der Waals surface area contributed by atoms with E-state index in [1.165, 1.54) is 36.5 Å². The van der Waals surface area contributed by atoms with Crippen LogP contribution in [0.2, 0.25) is 0 Å². The fourth-order valence-corrected chi connectivity index (χ4v) is 3.61. The van der Waals surface area contributed by atoms with E-state index in [-0.39, 0.29) is 0 Å². The minimum atomic E-state index is 0.321. The summed E-state index contributed by atoms with van der Waals surface area (Å²) in [6.07, 6.45) is 6.92. The first-order valence-corrected chi connectivity index (χ1v) is 7.99. The van der Waals surface area contributed by atoms with Gasteiger partial charge >= 0.3 is 0 Å². The van der Waals surface area contributed by atoms with E-state index in [1.54, 1.807) is 11.3 Å². The average Bonchev–Trinajstić information content (AvgIpc) is 2.98. The molecule has 1 fully saturated rings. The van der Waals surface area contributed by atoms with Crippen LogP contribution in [0.5, 0.6) is 0 Å². The first-order valence-electron chi connectivity index (χ1n) is 7.11. The summed E-state index contributed by atoms with van der Waals surface area (Å²) in [6, 6.07) is 0.661. The van der Waals surface area contributed by atoms with Crippen molar-refractivity contribution >= 4 is 11.3 Å². The van der Waals surface area contributed by atoms with Crippen molar-refractivity contribution in [1.82, 2.24) is 9.88 Å². The number of nitrogens with zero attached hydrogens (tertiary/aromatic N) is 2. The summed E-state index contributed by atoms with van der Waals surface area (Å²) in [4.78, 5) is 7.25. The van der Waals surface area contributed by atoms with Crippen molar-refractivity contribution in [3.05, 3.63) is 16.1 Å². The Hall–Kier alpha value is -0.450. The summed E-state index contributed by atoms with van der Waals surface area (Å²) >= 11 is 1.80. The number of hydrogen-bond donors (Lipinski definition) is 1. The van der Waals surface area contributed by atoms with Crippen molar-refractivity contribution in [1.29, 1.82) is 0 Å². The maximum Gasteiger partial charge on any atom is 0.0928 e. The maximum atomic E-state index is 8.94. The zero-order valence-electron chi connectivity index (χ0n) is 11.3. The highest BCUT2D eigenvalue weighted by atomic mass is 32.1. The molecule has 0 radical (unpaired) electrons. The van der Waals surface area contributed by atoms with Gasteiger partial charge in [-0.25, -0.2) is 4.98 Å². The number of aromatic nitrogens is 1. The van der Waals surface area contributed by atoms with Gasteiger partial charge in [0.05, 0.1) is 10.7 Å². The van der Waals surface area contributed by atoms with E-state index in [1.807, 2.05) is 0 Å². The molecule has 0 aliphatic carbocycles. The number of likely N-dealkylation sites (tertiary alicyclic amines) is 1. The molecule has 4 heteroatoms. The summed E-state index contributed by atoms with van der Waals surface area (Å²) in [7, 11) is 0. The third kappa shape index (κ3) is 3.77. The summed E-state index contributed by atoms with van der Waals surface area (Å²) in [6.45, 7) is 4.71. The smallest absolute Gasteiger partial charge is 0.0928 e.